The number of nitro groups is 1. The third-order valence-corrected chi connectivity index (χ3v) is 4.49. The Balaban J connectivity index is 2.20. The zero-order valence-electron chi connectivity index (χ0n) is 10.6. The zero-order chi connectivity index (χ0) is 14.7. The standard InChI is InChI=1S/C13H14BrFN2O3/c14-10-3-1-2-4-11(10)16-13(18)9-7-8(15)5-6-12(9)17(19)20/h5-7,10-11H,1-4H2,(H,16,18). The Kier molecular flexibility index (Phi) is 4.69. The summed E-state index contributed by atoms with van der Waals surface area (Å²) in [4.78, 5) is 22.5. The number of halogens is 2. The molecular weight excluding hydrogens is 331 g/mol. The first kappa shape index (κ1) is 14.9. The molecule has 0 spiro atoms. The van der Waals surface area contributed by atoms with Gasteiger partial charge in [0.2, 0.25) is 0 Å². The van der Waals surface area contributed by atoms with Crippen LogP contribution < -0.4 is 5.32 Å². The molecule has 0 radical (unpaired) electrons. The SMILES string of the molecule is O=C(NC1CCCCC1Br)c1cc(F)ccc1[N+](=O)[O-]. The van der Waals surface area contributed by atoms with Crippen LogP contribution in [0.4, 0.5) is 10.1 Å². The third kappa shape index (κ3) is 3.33. The van der Waals surface area contributed by atoms with E-state index in [1.165, 1.54) is 0 Å². The summed E-state index contributed by atoms with van der Waals surface area (Å²) in [5.74, 6) is -1.27. The summed E-state index contributed by atoms with van der Waals surface area (Å²) in [5, 5.41) is 13.6. The molecule has 1 fully saturated rings. The number of hydrogen-bond acceptors (Lipinski definition) is 3. The van der Waals surface area contributed by atoms with Crippen molar-refractivity contribution in [3.05, 3.63) is 39.7 Å². The molecule has 5 nitrogen and oxygen atoms in total. The molecule has 108 valence electrons. The highest BCUT2D eigenvalue weighted by Gasteiger charge is 2.27. The van der Waals surface area contributed by atoms with E-state index in [0.717, 1.165) is 43.9 Å². The zero-order valence-corrected chi connectivity index (χ0v) is 12.2. The van der Waals surface area contributed by atoms with Crippen LogP contribution in [0, 0.1) is 15.9 Å². The first-order chi connectivity index (χ1) is 9.49. The second-order valence-corrected chi connectivity index (χ2v) is 5.98. The van der Waals surface area contributed by atoms with Crippen molar-refractivity contribution in [1.82, 2.24) is 5.32 Å². The van der Waals surface area contributed by atoms with E-state index in [0.29, 0.717) is 0 Å². The van der Waals surface area contributed by atoms with Crippen molar-refractivity contribution in [2.45, 2.75) is 36.6 Å². The van der Waals surface area contributed by atoms with Gasteiger partial charge in [0.1, 0.15) is 11.4 Å². The van der Waals surface area contributed by atoms with Gasteiger partial charge >= 0.3 is 0 Å². The highest BCUT2D eigenvalue weighted by Crippen LogP contribution is 2.26. The van der Waals surface area contributed by atoms with Gasteiger partial charge in [-0.05, 0) is 25.0 Å². The Morgan fingerprint density at radius 2 is 2.10 bits per heavy atom. The van der Waals surface area contributed by atoms with Crippen LogP contribution in [0.3, 0.4) is 0 Å². The molecule has 20 heavy (non-hydrogen) atoms. The van der Waals surface area contributed by atoms with Gasteiger partial charge in [-0.2, -0.15) is 0 Å². The van der Waals surface area contributed by atoms with Gasteiger partial charge < -0.3 is 5.32 Å². The average molecular weight is 345 g/mol. The van der Waals surface area contributed by atoms with Crippen molar-refractivity contribution in [2.75, 3.05) is 0 Å². The van der Waals surface area contributed by atoms with Crippen molar-refractivity contribution in [3.8, 4) is 0 Å². The van der Waals surface area contributed by atoms with Gasteiger partial charge in [0, 0.05) is 16.9 Å². The third-order valence-electron chi connectivity index (χ3n) is 3.40. The normalized spacial score (nSPS) is 22.3. The molecule has 0 heterocycles. The first-order valence-electron chi connectivity index (χ1n) is 6.38. The van der Waals surface area contributed by atoms with Crippen LogP contribution in [-0.2, 0) is 0 Å². The Hall–Kier alpha value is -1.50. The number of hydrogen-bond donors (Lipinski definition) is 1. The summed E-state index contributed by atoms with van der Waals surface area (Å²) < 4.78 is 13.2. The summed E-state index contributed by atoms with van der Waals surface area (Å²) in [7, 11) is 0. The first-order valence-corrected chi connectivity index (χ1v) is 7.29. The number of nitro benzene ring substituents is 1. The van der Waals surface area contributed by atoms with E-state index in [4.69, 9.17) is 0 Å². The minimum atomic E-state index is -0.680. The quantitative estimate of drug-likeness (QED) is 0.520. The number of alkyl halides is 1. The number of benzene rings is 1. The van der Waals surface area contributed by atoms with E-state index < -0.39 is 16.6 Å². The fraction of sp³-hybridized carbons (Fsp3) is 0.462. The van der Waals surface area contributed by atoms with Crippen LogP contribution in [-0.4, -0.2) is 21.7 Å². The second kappa shape index (κ2) is 6.30. The maximum atomic E-state index is 13.2. The molecule has 2 atom stereocenters. The van der Waals surface area contributed by atoms with E-state index in [1.807, 2.05) is 0 Å². The molecule has 1 aromatic rings. The maximum Gasteiger partial charge on any atom is 0.282 e. The molecular formula is C13H14BrFN2O3. The van der Waals surface area contributed by atoms with Crippen LogP contribution in [0.2, 0.25) is 0 Å². The van der Waals surface area contributed by atoms with E-state index >= 15 is 0 Å². The van der Waals surface area contributed by atoms with E-state index in [9.17, 15) is 19.3 Å². The van der Waals surface area contributed by atoms with E-state index in [1.54, 1.807) is 0 Å². The van der Waals surface area contributed by atoms with Gasteiger partial charge in [-0.1, -0.05) is 28.8 Å². The Bertz CT molecular complexity index is 538. The van der Waals surface area contributed by atoms with Gasteiger partial charge in [-0.15, -0.1) is 0 Å². The molecule has 1 aromatic carbocycles. The van der Waals surface area contributed by atoms with E-state index in [2.05, 4.69) is 21.2 Å². The maximum absolute atomic E-state index is 13.2. The molecule has 0 aliphatic heterocycles. The number of carbonyl (C=O) groups is 1. The van der Waals surface area contributed by atoms with Crippen molar-refractivity contribution in [2.24, 2.45) is 0 Å². The largest absolute Gasteiger partial charge is 0.348 e. The monoisotopic (exact) mass is 344 g/mol. The Morgan fingerprint density at radius 3 is 2.75 bits per heavy atom. The Labute approximate surface area is 123 Å². The lowest BCUT2D eigenvalue weighted by Crippen LogP contribution is -2.42. The lowest BCUT2D eigenvalue weighted by Gasteiger charge is -2.28. The van der Waals surface area contributed by atoms with Gasteiger partial charge in [0.05, 0.1) is 4.92 Å². The van der Waals surface area contributed by atoms with Crippen molar-refractivity contribution >= 4 is 27.5 Å². The number of amides is 1. The second-order valence-electron chi connectivity index (χ2n) is 4.80. The summed E-state index contributed by atoms with van der Waals surface area (Å²) in [6, 6.07) is 2.80. The molecule has 1 saturated carbocycles. The van der Waals surface area contributed by atoms with Crippen molar-refractivity contribution < 1.29 is 14.1 Å². The van der Waals surface area contributed by atoms with Gasteiger partial charge in [-0.25, -0.2) is 4.39 Å². The molecule has 2 rings (SSSR count). The molecule has 1 N–H and O–H groups in total. The number of nitrogens with one attached hydrogen (secondary N) is 1. The van der Waals surface area contributed by atoms with Crippen LogP contribution in [0.1, 0.15) is 36.0 Å². The van der Waals surface area contributed by atoms with Crippen LogP contribution >= 0.6 is 15.9 Å². The minimum Gasteiger partial charge on any atom is -0.348 e. The molecule has 0 aromatic heterocycles. The van der Waals surface area contributed by atoms with Crippen LogP contribution in [0.15, 0.2) is 18.2 Å². The molecule has 1 aliphatic rings. The minimum absolute atomic E-state index is 0.0841. The molecule has 7 heteroatoms. The molecule has 0 saturated heterocycles. The predicted octanol–water partition coefficient (Wildman–Crippen LogP) is 3.17. The predicted molar refractivity (Wildman–Crippen MR) is 75.5 cm³/mol. The van der Waals surface area contributed by atoms with Crippen molar-refractivity contribution in [1.29, 1.82) is 0 Å². The highest BCUT2D eigenvalue weighted by molar-refractivity contribution is 9.09. The molecule has 1 aliphatic carbocycles. The summed E-state index contributed by atoms with van der Waals surface area (Å²) in [5.41, 5.74) is -0.619. The van der Waals surface area contributed by atoms with E-state index in [-0.39, 0.29) is 22.1 Å². The average Bonchev–Trinajstić information content (AvgIpc) is 2.40. The summed E-state index contributed by atoms with van der Waals surface area (Å²) in [6.45, 7) is 0. The summed E-state index contributed by atoms with van der Waals surface area (Å²) in [6.07, 6.45) is 3.83. The van der Waals surface area contributed by atoms with Gasteiger partial charge in [-0.3, -0.25) is 14.9 Å². The van der Waals surface area contributed by atoms with Crippen molar-refractivity contribution in [3.63, 3.8) is 0 Å². The molecule has 1 amide bonds. The lowest BCUT2D eigenvalue weighted by molar-refractivity contribution is -0.385. The topological polar surface area (TPSA) is 72.2 Å². The Morgan fingerprint density at radius 1 is 1.40 bits per heavy atom. The number of nitrogens with zero attached hydrogens (tertiary/aromatic N) is 1. The fourth-order valence-electron chi connectivity index (χ4n) is 2.34. The number of rotatable bonds is 3. The molecule has 2 unspecified atom stereocenters. The summed E-state index contributed by atoms with van der Waals surface area (Å²) >= 11 is 3.49. The lowest BCUT2D eigenvalue weighted by atomic mass is 9.95. The molecule has 0 bridgehead atoms. The fourth-order valence-corrected chi connectivity index (χ4v) is 3.06. The smallest absolute Gasteiger partial charge is 0.282 e. The van der Waals surface area contributed by atoms with Gasteiger partial charge in [0.25, 0.3) is 11.6 Å². The van der Waals surface area contributed by atoms with Gasteiger partial charge in [0.15, 0.2) is 0 Å². The van der Waals surface area contributed by atoms with Crippen LogP contribution in [0.5, 0.6) is 0 Å². The van der Waals surface area contributed by atoms with Crippen LogP contribution in [0.25, 0.3) is 0 Å². The highest BCUT2D eigenvalue weighted by atomic mass is 79.9. The number of carbonyl (C=O) groups excluding carboxylic acids is 1.